The van der Waals surface area contributed by atoms with Crippen LogP contribution in [0.5, 0.6) is 0 Å². The first-order valence-corrected chi connectivity index (χ1v) is 9.04. The maximum atomic E-state index is 12.5. The molecule has 0 heterocycles. The Balaban J connectivity index is 2.75. The highest BCUT2D eigenvalue weighted by Crippen LogP contribution is 2.17. The molecule has 0 aliphatic heterocycles. The van der Waals surface area contributed by atoms with Gasteiger partial charge in [0.05, 0.1) is 4.90 Å². The molecular formula is C16H28N2O2S. The Bertz CT molecular complexity index is 524. The smallest absolute Gasteiger partial charge is 0.242 e. The standard InChI is InChI=1S/C16H28N2O2S/c1-5-6-14-7-9-15(10-8-14)21(19,20)18(4)12-11-16(17)13(2)3/h7-10,13,16H,5-6,11-12,17H2,1-4H3. The van der Waals surface area contributed by atoms with Crippen LogP contribution in [0.25, 0.3) is 0 Å². The molecule has 1 unspecified atom stereocenters. The first-order valence-electron chi connectivity index (χ1n) is 7.60. The Morgan fingerprint density at radius 3 is 2.24 bits per heavy atom. The van der Waals surface area contributed by atoms with Crippen molar-refractivity contribution in [3.8, 4) is 0 Å². The number of hydrogen-bond donors (Lipinski definition) is 1. The molecule has 0 aliphatic carbocycles. The maximum Gasteiger partial charge on any atom is 0.242 e. The van der Waals surface area contributed by atoms with Gasteiger partial charge in [-0.05, 0) is 36.5 Å². The molecule has 0 radical (unpaired) electrons. The van der Waals surface area contributed by atoms with E-state index in [1.54, 1.807) is 19.2 Å². The summed E-state index contributed by atoms with van der Waals surface area (Å²) in [7, 11) is -1.80. The Kier molecular flexibility index (Phi) is 6.84. The van der Waals surface area contributed by atoms with Gasteiger partial charge in [-0.15, -0.1) is 0 Å². The summed E-state index contributed by atoms with van der Waals surface area (Å²) in [4.78, 5) is 0.350. The molecular weight excluding hydrogens is 284 g/mol. The van der Waals surface area contributed by atoms with Crippen LogP contribution in [0.3, 0.4) is 0 Å². The SMILES string of the molecule is CCCc1ccc(S(=O)(=O)N(C)CCC(N)C(C)C)cc1. The first-order chi connectivity index (χ1) is 9.78. The van der Waals surface area contributed by atoms with Crippen LogP contribution in [0.15, 0.2) is 29.2 Å². The van der Waals surface area contributed by atoms with Crippen molar-refractivity contribution in [2.75, 3.05) is 13.6 Å². The summed E-state index contributed by atoms with van der Waals surface area (Å²) < 4.78 is 26.3. The minimum absolute atomic E-state index is 0.0228. The fourth-order valence-corrected chi connectivity index (χ4v) is 3.27. The van der Waals surface area contributed by atoms with Gasteiger partial charge in [0.25, 0.3) is 0 Å². The van der Waals surface area contributed by atoms with Crippen LogP contribution in [0.4, 0.5) is 0 Å². The molecule has 1 aromatic rings. The average molecular weight is 312 g/mol. The molecule has 0 aromatic heterocycles. The second kappa shape index (κ2) is 7.92. The topological polar surface area (TPSA) is 63.4 Å². The van der Waals surface area contributed by atoms with E-state index in [-0.39, 0.29) is 6.04 Å². The van der Waals surface area contributed by atoms with E-state index in [0.717, 1.165) is 12.8 Å². The van der Waals surface area contributed by atoms with Crippen LogP contribution in [0.1, 0.15) is 39.2 Å². The number of hydrogen-bond acceptors (Lipinski definition) is 3. The van der Waals surface area contributed by atoms with Crippen LogP contribution in [-0.2, 0) is 16.4 Å². The van der Waals surface area contributed by atoms with Crippen molar-refractivity contribution in [1.29, 1.82) is 0 Å². The van der Waals surface area contributed by atoms with E-state index in [2.05, 4.69) is 6.92 Å². The fraction of sp³-hybridized carbons (Fsp3) is 0.625. The third-order valence-corrected chi connectivity index (χ3v) is 5.67. The van der Waals surface area contributed by atoms with Crippen molar-refractivity contribution in [2.24, 2.45) is 11.7 Å². The summed E-state index contributed by atoms with van der Waals surface area (Å²) in [5.74, 6) is 0.356. The minimum Gasteiger partial charge on any atom is -0.327 e. The van der Waals surface area contributed by atoms with Crippen molar-refractivity contribution >= 4 is 10.0 Å². The molecule has 21 heavy (non-hydrogen) atoms. The Morgan fingerprint density at radius 2 is 1.76 bits per heavy atom. The monoisotopic (exact) mass is 312 g/mol. The van der Waals surface area contributed by atoms with Crippen LogP contribution in [-0.4, -0.2) is 32.4 Å². The lowest BCUT2D eigenvalue weighted by Gasteiger charge is -2.21. The van der Waals surface area contributed by atoms with E-state index < -0.39 is 10.0 Å². The van der Waals surface area contributed by atoms with Gasteiger partial charge in [-0.3, -0.25) is 0 Å². The molecule has 0 bridgehead atoms. The van der Waals surface area contributed by atoms with E-state index in [4.69, 9.17) is 5.73 Å². The number of aryl methyl sites for hydroxylation is 1. The molecule has 0 aliphatic rings. The number of rotatable bonds is 8. The van der Waals surface area contributed by atoms with E-state index in [1.807, 2.05) is 26.0 Å². The number of sulfonamides is 1. The normalized spacial score (nSPS) is 13.9. The lowest BCUT2D eigenvalue weighted by atomic mass is 10.0. The molecule has 0 saturated heterocycles. The van der Waals surface area contributed by atoms with Gasteiger partial charge in [0, 0.05) is 19.6 Å². The van der Waals surface area contributed by atoms with E-state index in [0.29, 0.717) is 23.8 Å². The summed E-state index contributed by atoms with van der Waals surface area (Å²) in [6.07, 6.45) is 2.69. The molecule has 1 aromatic carbocycles. The third-order valence-electron chi connectivity index (χ3n) is 3.80. The predicted octanol–water partition coefficient (Wildman–Crippen LogP) is 2.63. The van der Waals surface area contributed by atoms with E-state index in [9.17, 15) is 8.42 Å². The van der Waals surface area contributed by atoms with Gasteiger partial charge in [0.15, 0.2) is 0 Å². The van der Waals surface area contributed by atoms with Crippen molar-refractivity contribution in [3.05, 3.63) is 29.8 Å². The Labute approximate surface area is 129 Å². The average Bonchev–Trinajstić information content (AvgIpc) is 2.45. The second-order valence-corrected chi connectivity index (χ2v) is 7.96. The zero-order valence-electron chi connectivity index (χ0n) is 13.5. The van der Waals surface area contributed by atoms with Gasteiger partial charge in [0.1, 0.15) is 0 Å². The number of nitrogens with two attached hydrogens (primary N) is 1. The molecule has 1 rings (SSSR count). The predicted molar refractivity (Wildman–Crippen MR) is 87.7 cm³/mol. The molecule has 0 saturated carbocycles. The summed E-state index contributed by atoms with van der Waals surface area (Å²) >= 11 is 0. The zero-order chi connectivity index (χ0) is 16.0. The maximum absolute atomic E-state index is 12.5. The molecule has 0 amide bonds. The van der Waals surface area contributed by atoms with Crippen molar-refractivity contribution < 1.29 is 8.42 Å². The second-order valence-electron chi connectivity index (χ2n) is 5.92. The Morgan fingerprint density at radius 1 is 1.19 bits per heavy atom. The van der Waals surface area contributed by atoms with Crippen LogP contribution >= 0.6 is 0 Å². The van der Waals surface area contributed by atoms with Crippen LogP contribution in [0, 0.1) is 5.92 Å². The molecule has 120 valence electrons. The van der Waals surface area contributed by atoms with E-state index in [1.165, 1.54) is 9.87 Å². The minimum atomic E-state index is -3.41. The Hall–Kier alpha value is -0.910. The van der Waals surface area contributed by atoms with Crippen molar-refractivity contribution in [1.82, 2.24) is 4.31 Å². The van der Waals surface area contributed by atoms with Crippen molar-refractivity contribution in [2.45, 2.75) is 51.0 Å². The zero-order valence-corrected chi connectivity index (χ0v) is 14.4. The fourth-order valence-electron chi connectivity index (χ4n) is 2.08. The van der Waals surface area contributed by atoms with E-state index >= 15 is 0 Å². The van der Waals surface area contributed by atoms with Gasteiger partial charge < -0.3 is 5.73 Å². The lowest BCUT2D eigenvalue weighted by Crippen LogP contribution is -2.34. The number of nitrogens with zero attached hydrogens (tertiary/aromatic N) is 1. The molecule has 0 fully saturated rings. The van der Waals surface area contributed by atoms with Gasteiger partial charge in [-0.25, -0.2) is 12.7 Å². The quantitative estimate of drug-likeness (QED) is 0.802. The highest BCUT2D eigenvalue weighted by Gasteiger charge is 2.21. The molecule has 1 atom stereocenters. The number of benzene rings is 1. The highest BCUT2D eigenvalue weighted by atomic mass is 32.2. The van der Waals surface area contributed by atoms with Gasteiger partial charge in [-0.1, -0.05) is 39.3 Å². The van der Waals surface area contributed by atoms with Gasteiger partial charge in [-0.2, -0.15) is 0 Å². The summed E-state index contributed by atoms with van der Waals surface area (Å²) in [6, 6.07) is 7.20. The van der Waals surface area contributed by atoms with Crippen molar-refractivity contribution in [3.63, 3.8) is 0 Å². The van der Waals surface area contributed by atoms with Crippen LogP contribution in [0.2, 0.25) is 0 Å². The molecule has 4 nitrogen and oxygen atoms in total. The van der Waals surface area contributed by atoms with Gasteiger partial charge >= 0.3 is 0 Å². The molecule has 0 spiro atoms. The molecule has 2 N–H and O–H groups in total. The summed E-state index contributed by atoms with van der Waals surface area (Å²) in [6.45, 7) is 6.64. The highest BCUT2D eigenvalue weighted by molar-refractivity contribution is 7.89. The first kappa shape index (κ1) is 18.1. The summed E-state index contributed by atoms with van der Waals surface area (Å²) in [5, 5.41) is 0. The third kappa shape index (κ3) is 5.09. The van der Waals surface area contributed by atoms with Crippen LogP contribution < -0.4 is 5.73 Å². The molecule has 5 heteroatoms. The lowest BCUT2D eigenvalue weighted by molar-refractivity contribution is 0.397. The largest absolute Gasteiger partial charge is 0.327 e. The summed E-state index contributed by atoms with van der Waals surface area (Å²) in [5.41, 5.74) is 7.15. The van der Waals surface area contributed by atoms with Gasteiger partial charge in [0.2, 0.25) is 10.0 Å².